The van der Waals surface area contributed by atoms with Crippen LogP contribution in [0.25, 0.3) is 0 Å². The molecule has 0 saturated carbocycles. The summed E-state index contributed by atoms with van der Waals surface area (Å²) < 4.78 is 1.36. The Morgan fingerprint density at radius 2 is 1.86 bits per heavy atom. The SMILES string of the molecule is CC=CCn1[nH]c(C)c(C(=O)c2cc(Cl)c(Cl)cc2Cl)c1=O. The molecular formula is C15H13Cl3N2O2. The smallest absolute Gasteiger partial charge is 0.278 e. The van der Waals surface area contributed by atoms with Gasteiger partial charge in [-0.05, 0) is 26.0 Å². The molecule has 22 heavy (non-hydrogen) atoms. The fourth-order valence-electron chi connectivity index (χ4n) is 2.04. The van der Waals surface area contributed by atoms with Crippen LogP contribution in [-0.2, 0) is 6.54 Å². The van der Waals surface area contributed by atoms with Gasteiger partial charge in [-0.2, -0.15) is 0 Å². The Balaban J connectivity index is 2.53. The van der Waals surface area contributed by atoms with Crippen LogP contribution in [0.4, 0.5) is 0 Å². The zero-order valence-electron chi connectivity index (χ0n) is 11.9. The van der Waals surface area contributed by atoms with Gasteiger partial charge in [0.05, 0.1) is 21.6 Å². The largest absolute Gasteiger partial charge is 0.299 e. The molecule has 116 valence electrons. The lowest BCUT2D eigenvalue weighted by Gasteiger charge is -2.04. The van der Waals surface area contributed by atoms with Crippen molar-refractivity contribution in [3.8, 4) is 0 Å². The van der Waals surface area contributed by atoms with E-state index in [1.54, 1.807) is 13.0 Å². The molecule has 1 N–H and O–H groups in total. The highest BCUT2D eigenvalue weighted by Gasteiger charge is 2.22. The van der Waals surface area contributed by atoms with Gasteiger partial charge < -0.3 is 0 Å². The Hall–Kier alpha value is -1.49. The number of benzene rings is 1. The van der Waals surface area contributed by atoms with E-state index in [1.165, 1.54) is 16.8 Å². The van der Waals surface area contributed by atoms with Crippen LogP contribution in [0, 0.1) is 6.92 Å². The zero-order valence-corrected chi connectivity index (χ0v) is 14.2. The molecule has 0 aliphatic carbocycles. The molecule has 2 rings (SSSR count). The normalized spacial score (nSPS) is 11.3. The van der Waals surface area contributed by atoms with Crippen molar-refractivity contribution in [3.63, 3.8) is 0 Å². The van der Waals surface area contributed by atoms with Crippen LogP contribution in [0.15, 0.2) is 29.1 Å². The van der Waals surface area contributed by atoms with Crippen LogP contribution in [-0.4, -0.2) is 15.6 Å². The molecule has 0 unspecified atom stereocenters. The number of hydrogen-bond donors (Lipinski definition) is 1. The summed E-state index contributed by atoms with van der Waals surface area (Å²) in [5.74, 6) is -0.485. The molecule has 0 spiro atoms. The monoisotopic (exact) mass is 358 g/mol. The third-order valence-corrected chi connectivity index (χ3v) is 4.18. The van der Waals surface area contributed by atoms with Crippen LogP contribution in [0.3, 0.4) is 0 Å². The molecule has 0 fully saturated rings. The first-order chi connectivity index (χ1) is 10.4. The van der Waals surface area contributed by atoms with Gasteiger partial charge in [-0.15, -0.1) is 0 Å². The number of carbonyl (C=O) groups excluding carboxylic acids is 1. The van der Waals surface area contributed by atoms with Gasteiger partial charge in [-0.25, -0.2) is 4.68 Å². The fraction of sp³-hybridized carbons (Fsp3) is 0.200. The minimum Gasteiger partial charge on any atom is -0.299 e. The summed E-state index contributed by atoms with van der Waals surface area (Å²) in [4.78, 5) is 25.0. The quantitative estimate of drug-likeness (QED) is 0.504. The van der Waals surface area contributed by atoms with Gasteiger partial charge in [0.2, 0.25) is 5.78 Å². The van der Waals surface area contributed by atoms with E-state index in [-0.39, 0.29) is 26.2 Å². The van der Waals surface area contributed by atoms with E-state index in [1.807, 2.05) is 13.0 Å². The number of H-pyrrole nitrogens is 1. The first-order valence-corrected chi connectivity index (χ1v) is 7.60. The Morgan fingerprint density at radius 3 is 2.50 bits per heavy atom. The number of rotatable bonds is 4. The molecule has 0 aliphatic heterocycles. The van der Waals surface area contributed by atoms with E-state index in [0.717, 1.165) is 0 Å². The van der Waals surface area contributed by atoms with Crippen molar-refractivity contribution in [1.82, 2.24) is 9.78 Å². The second kappa shape index (κ2) is 6.73. The molecule has 2 aromatic rings. The van der Waals surface area contributed by atoms with Crippen molar-refractivity contribution in [3.05, 3.63) is 66.5 Å². The van der Waals surface area contributed by atoms with E-state index < -0.39 is 11.3 Å². The third kappa shape index (κ3) is 3.14. The van der Waals surface area contributed by atoms with E-state index in [4.69, 9.17) is 34.8 Å². The molecule has 0 bridgehead atoms. The Bertz CT molecular complexity index is 819. The number of allylic oxidation sites excluding steroid dienone is 2. The van der Waals surface area contributed by atoms with Gasteiger partial charge in [0.25, 0.3) is 5.56 Å². The summed E-state index contributed by atoms with van der Waals surface area (Å²) in [6.07, 6.45) is 3.62. The molecule has 0 amide bonds. The van der Waals surface area contributed by atoms with Gasteiger partial charge in [-0.3, -0.25) is 14.7 Å². The van der Waals surface area contributed by atoms with Gasteiger partial charge in [0.1, 0.15) is 5.56 Å². The number of carbonyl (C=O) groups is 1. The summed E-state index contributed by atoms with van der Waals surface area (Å²) in [5.41, 5.74) is 0.266. The first kappa shape index (κ1) is 16.9. The van der Waals surface area contributed by atoms with Gasteiger partial charge in [-0.1, -0.05) is 47.0 Å². The molecule has 1 aromatic carbocycles. The van der Waals surface area contributed by atoms with Crippen molar-refractivity contribution >= 4 is 40.6 Å². The number of ketones is 1. The average Bonchev–Trinajstić information content (AvgIpc) is 2.74. The van der Waals surface area contributed by atoms with Gasteiger partial charge in [0.15, 0.2) is 0 Å². The first-order valence-electron chi connectivity index (χ1n) is 6.46. The zero-order chi connectivity index (χ0) is 16.4. The van der Waals surface area contributed by atoms with Crippen molar-refractivity contribution in [2.24, 2.45) is 0 Å². The molecule has 1 heterocycles. The summed E-state index contributed by atoms with van der Waals surface area (Å²) in [6, 6.07) is 2.76. The fourth-order valence-corrected chi connectivity index (χ4v) is 2.68. The van der Waals surface area contributed by atoms with Crippen molar-refractivity contribution in [2.45, 2.75) is 20.4 Å². The predicted octanol–water partition coefficient (Wildman–Crippen LogP) is 4.25. The number of halogens is 3. The van der Waals surface area contributed by atoms with E-state index in [9.17, 15) is 9.59 Å². The lowest BCUT2D eigenvalue weighted by Crippen LogP contribution is -2.21. The topological polar surface area (TPSA) is 54.9 Å². The third-order valence-electron chi connectivity index (χ3n) is 3.14. The van der Waals surface area contributed by atoms with Crippen LogP contribution in [0.2, 0.25) is 15.1 Å². The van der Waals surface area contributed by atoms with E-state index >= 15 is 0 Å². The van der Waals surface area contributed by atoms with Crippen molar-refractivity contribution in [2.75, 3.05) is 0 Å². The Labute approximate surface area is 142 Å². The van der Waals surface area contributed by atoms with Crippen molar-refractivity contribution < 1.29 is 4.79 Å². The number of aryl methyl sites for hydroxylation is 1. The maximum absolute atomic E-state index is 12.6. The number of aromatic nitrogens is 2. The van der Waals surface area contributed by atoms with Gasteiger partial charge >= 0.3 is 0 Å². The number of aromatic amines is 1. The highest BCUT2D eigenvalue weighted by Crippen LogP contribution is 2.30. The minimum absolute atomic E-state index is 0.0461. The molecule has 7 heteroatoms. The molecule has 0 saturated heterocycles. The molecular weight excluding hydrogens is 347 g/mol. The molecule has 1 aromatic heterocycles. The number of nitrogens with one attached hydrogen (secondary N) is 1. The maximum atomic E-state index is 12.6. The summed E-state index contributed by atoms with van der Waals surface area (Å²) in [5, 5.41) is 3.48. The Morgan fingerprint density at radius 1 is 1.23 bits per heavy atom. The average molecular weight is 360 g/mol. The Kier molecular flexibility index (Phi) is 5.16. The second-order valence-electron chi connectivity index (χ2n) is 4.67. The molecule has 0 aliphatic rings. The summed E-state index contributed by atoms with van der Waals surface area (Å²) in [7, 11) is 0. The molecule has 0 atom stereocenters. The van der Waals surface area contributed by atoms with Crippen LogP contribution >= 0.6 is 34.8 Å². The summed E-state index contributed by atoms with van der Waals surface area (Å²) in [6.45, 7) is 3.87. The van der Waals surface area contributed by atoms with E-state index in [2.05, 4.69) is 5.10 Å². The maximum Gasteiger partial charge on any atom is 0.278 e. The van der Waals surface area contributed by atoms with Crippen LogP contribution < -0.4 is 5.56 Å². The minimum atomic E-state index is -0.485. The lowest BCUT2D eigenvalue weighted by atomic mass is 10.0. The van der Waals surface area contributed by atoms with E-state index in [0.29, 0.717) is 12.2 Å². The van der Waals surface area contributed by atoms with Crippen molar-refractivity contribution in [1.29, 1.82) is 0 Å². The molecule has 0 radical (unpaired) electrons. The number of nitrogens with zero attached hydrogens (tertiary/aromatic N) is 1. The number of hydrogen-bond acceptors (Lipinski definition) is 2. The standard InChI is InChI=1S/C15H13Cl3N2O2/c1-3-4-5-20-15(22)13(8(2)19-20)14(21)9-6-11(17)12(18)7-10(9)16/h3-4,6-7,19H,5H2,1-2H3. The predicted molar refractivity (Wildman–Crippen MR) is 89.5 cm³/mol. The lowest BCUT2D eigenvalue weighted by molar-refractivity contribution is 0.103. The van der Waals surface area contributed by atoms with Crippen LogP contribution in [0.1, 0.15) is 28.5 Å². The highest BCUT2D eigenvalue weighted by molar-refractivity contribution is 6.44. The van der Waals surface area contributed by atoms with Gasteiger partial charge in [0, 0.05) is 11.3 Å². The highest BCUT2D eigenvalue weighted by atomic mass is 35.5. The second-order valence-corrected chi connectivity index (χ2v) is 5.89. The summed E-state index contributed by atoms with van der Waals surface area (Å²) >= 11 is 17.8. The van der Waals surface area contributed by atoms with Crippen LogP contribution in [0.5, 0.6) is 0 Å². The molecule has 4 nitrogen and oxygen atoms in total.